The quantitative estimate of drug-likeness (QED) is 0.614. The molecule has 0 aliphatic rings. The highest BCUT2D eigenvalue weighted by Crippen LogP contribution is 2.23. The van der Waals surface area contributed by atoms with Crippen LogP contribution in [-0.4, -0.2) is 28.0 Å². The van der Waals surface area contributed by atoms with Crippen molar-refractivity contribution in [1.29, 1.82) is 0 Å². The Morgan fingerprint density at radius 1 is 1.50 bits per heavy atom. The van der Waals surface area contributed by atoms with Gasteiger partial charge in [0.25, 0.3) is 0 Å². The Morgan fingerprint density at radius 3 is 2.72 bits per heavy atom. The van der Waals surface area contributed by atoms with Crippen LogP contribution in [0.25, 0.3) is 0 Å². The Balaban J connectivity index is 2.77. The summed E-state index contributed by atoms with van der Waals surface area (Å²) in [4.78, 5) is 10.9. The van der Waals surface area contributed by atoms with Crippen LogP contribution in [-0.2, 0) is 19.6 Å². The zero-order chi connectivity index (χ0) is 13.8. The van der Waals surface area contributed by atoms with E-state index in [1.807, 2.05) is 0 Å². The molecule has 6 nitrogen and oxygen atoms in total. The molecule has 3 N–H and O–H groups in total. The molecule has 0 unspecified atom stereocenters. The summed E-state index contributed by atoms with van der Waals surface area (Å²) in [5, 5.41) is 0. The second-order valence-electron chi connectivity index (χ2n) is 3.41. The predicted molar refractivity (Wildman–Crippen MR) is 70.4 cm³/mol. The summed E-state index contributed by atoms with van der Waals surface area (Å²) in [6, 6.07) is 4.37. The van der Waals surface area contributed by atoms with Gasteiger partial charge in [0.2, 0.25) is 10.0 Å². The molecular formula is C10H13BrN2O4S. The van der Waals surface area contributed by atoms with E-state index in [0.29, 0.717) is 10.2 Å². The number of carbonyl (C=O) groups excluding carboxylic acids is 1. The van der Waals surface area contributed by atoms with Crippen molar-refractivity contribution in [2.75, 3.05) is 19.4 Å². The van der Waals surface area contributed by atoms with Gasteiger partial charge < -0.3 is 10.5 Å². The van der Waals surface area contributed by atoms with Gasteiger partial charge in [-0.2, -0.15) is 0 Å². The summed E-state index contributed by atoms with van der Waals surface area (Å²) in [7, 11) is -2.43. The fraction of sp³-hybridized carbons (Fsp3) is 0.300. The molecule has 0 saturated carbocycles. The molecule has 0 saturated heterocycles. The van der Waals surface area contributed by atoms with Crippen molar-refractivity contribution < 1.29 is 17.9 Å². The number of halogens is 1. The zero-order valence-electron chi connectivity index (χ0n) is 9.64. The van der Waals surface area contributed by atoms with E-state index in [9.17, 15) is 13.2 Å². The van der Waals surface area contributed by atoms with E-state index in [4.69, 9.17) is 5.73 Å². The summed E-state index contributed by atoms with van der Waals surface area (Å²) in [6.45, 7) is -0.0220. The molecule has 0 fully saturated rings. The highest BCUT2D eigenvalue weighted by molar-refractivity contribution is 9.10. The van der Waals surface area contributed by atoms with Gasteiger partial charge in [-0.3, -0.25) is 4.79 Å². The molecule has 8 heteroatoms. The van der Waals surface area contributed by atoms with Gasteiger partial charge in [0.15, 0.2) is 0 Å². The minimum atomic E-state index is -3.67. The highest BCUT2D eigenvalue weighted by Gasteiger charge is 2.17. The third-order valence-corrected chi connectivity index (χ3v) is 4.53. The zero-order valence-corrected chi connectivity index (χ0v) is 12.0. The van der Waals surface area contributed by atoms with E-state index < -0.39 is 16.0 Å². The van der Waals surface area contributed by atoms with Crippen LogP contribution < -0.4 is 10.5 Å². The van der Waals surface area contributed by atoms with E-state index >= 15 is 0 Å². The molecule has 0 amide bonds. The van der Waals surface area contributed by atoms with Gasteiger partial charge in [-0.25, -0.2) is 13.1 Å². The molecule has 0 heterocycles. The van der Waals surface area contributed by atoms with Crippen LogP contribution in [0, 0.1) is 0 Å². The molecular weight excluding hydrogens is 324 g/mol. The first-order chi connectivity index (χ1) is 8.36. The number of hydrogen-bond acceptors (Lipinski definition) is 5. The summed E-state index contributed by atoms with van der Waals surface area (Å²) in [5.74, 6) is -0.478. The number of hydrogen-bond donors (Lipinski definition) is 2. The number of ether oxygens (including phenoxy) is 1. The topological polar surface area (TPSA) is 98.5 Å². The first kappa shape index (κ1) is 14.9. The largest absolute Gasteiger partial charge is 0.469 e. The summed E-state index contributed by atoms with van der Waals surface area (Å²) in [6.07, 6.45) is -0.0255. The smallest absolute Gasteiger partial charge is 0.306 e. The van der Waals surface area contributed by atoms with E-state index in [1.54, 1.807) is 0 Å². The molecule has 0 aliphatic heterocycles. The number of rotatable bonds is 5. The fourth-order valence-electron chi connectivity index (χ4n) is 1.20. The number of nitrogens with two attached hydrogens (primary N) is 1. The molecule has 0 radical (unpaired) electrons. The number of carbonyl (C=O) groups is 1. The van der Waals surface area contributed by atoms with Gasteiger partial charge >= 0.3 is 5.97 Å². The number of nitrogen functional groups attached to an aromatic ring is 1. The Kier molecular flexibility index (Phi) is 5.12. The van der Waals surface area contributed by atoms with Crippen molar-refractivity contribution in [2.45, 2.75) is 11.3 Å². The van der Waals surface area contributed by atoms with Gasteiger partial charge in [-0.05, 0) is 34.1 Å². The SMILES string of the molecule is COC(=O)CCNS(=O)(=O)c1ccc(N)cc1Br. The average molecular weight is 337 g/mol. The number of esters is 1. The lowest BCUT2D eigenvalue weighted by atomic mass is 10.3. The maximum Gasteiger partial charge on any atom is 0.306 e. The minimum absolute atomic E-state index is 0.0220. The molecule has 0 aliphatic carbocycles. The Bertz CT molecular complexity index is 545. The second-order valence-corrected chi connectivity index (χ2v) is 6.00. The molecule has 0 spiro atoms. The van der Waals surface area contributed by atoms with Crippen LogP contribution in [0.2, 0.25) is 0 Å². The van der Waals surface area contributed by atoms with Crippen molar-refractivity contribution in [1.82, 2.24) is 4.72 Å². The average Bonchev–Trinajstić information content (AvgIpc) is 2.27. The summed E-state index contributed by atoms with van der Waals surface area (Å²) < 4.78 is 30.9. The number of methoxy groups -OCH3 is 1. The molecule has 1 rings (SSSR count). The lowest BCUT2D eigenvalue weighted by molar-refractivity contribution is -0.140. The molecule has 0 atom stereocenters. The van der Waals surface area contributed by atoms with E-state index in [0.717, 1.165) is 0 Å². The second kappa shape index (κ2) is 6.17. The van der Waals surface area contributed by atoms with Crippen molar-refractivity contribution in [2.24, 2.45) is 0 Å². The third-order valence-electron chi connectivity index (χ3n) is 2.09. The van der Waals surface area contributed by atoms with Crippen molar-refractivity contribution in [3.05, 3.63) is 22.7 Å². The standard InChI is InChI=1S/C10H13BrN2O4S/c1-17-10(14)4-5-13-18(15,16)9-3-2-7(12)6-8(9)11/h2-3,6,13H,4-5,12H2,1H3. The maximum atomic E-state index is 11.9. The number of sulfonamides is 1. The van der Waals surface area contributed by atoms with Crippen LogP contribution >= 0.6 is 15.9 Å². The first-order valence-electron chi connectivity index (χ1n) is 4.98. The number of nitrogens with one attached hydrogen (secondary N) is 1. The van der Waals surface area contributed by atoms with Crippen LogP contribution in [0.1, 0.15) is 6.42 Å². The molecule has 1 aromatic carbocycles. The summed E-state index contributed by atoms with van der Waals surface area (Å²) >= 11 is 3.13. The van der Waals surface area contributed by atoms with Crippen LogP contribution in [0.15, 0.2) is 27.6 Å². The van der Waals surface area contributed by atoms with Gasteiger partial charge in [0.05, 0.1) is 18.4 Å². The van der Waals surface area contributed by atoms with Crippen molar-refractivity contribution in [3.63, 3.8) is 0 Å². The Morgan fingerprint density at radius 2 is 2.17 bits per heavy atom. The van der Waals surface area contributed by atoms with E-state index in [-0.39, 0.29) is 17.9 Å². The fourth-order valence-corrected chi connectivity index (χ4v) is 3.33. The highest BCUT2D eigenvalue weighted by atomic mass is 79.9. The molecule has 1 aromatic rings. The molecule has 18 heavy (non-hydrogen) atoms. The lowest BCUT2D eigenvalue weighted by Crippen LogP contribution is -2.26. The van der Waals surface area contributed by atoms with E-state index in [2.05, 4.69) is 25.4 Å². The predicted octanol–water partition coefficient (Wildman–Crippen LogP) is 0.873. The van der Waals surface area contributed by atoms with Gasteiger partial charge in [0.1, 0.15) is 0 Å². The van der Waals surface area contributed by atoms with Gasteiger partial charge in [0, 0.05) is 16.7 Å². The monoisotopic (exact) mass is 336 g/mol. The lowest BCUT2D eigenvalue weighted by Gasteiger charge is -2.08. The number of benzene rings is 1. The molecule has 0 bridgehead atoms. The Hall–Kier alpha value is -1.12. The Labute approximate surface area is 114 Å². The maximum absolute atomic E-state index is 11.9. The molecule has 0 aromatic heterocycles. The third kappa shape index (κ3) is 3.97. The van der Waals surface area contributed by atoms with Crippen molar-refractivity contribution >= 4 is 37.6 Å². The molecule has 100 valence electrons. The number of anilines is 1. The van der Waals surface area contributed by atoms with Crippen LogP contribution in [0.5, 0.6) is 0 Å². The normalized spacial score (nSPS) is 11.2. The van der Waals surface area contributed by atoms with Crippen LogP contribution in [0.4, 0.5) is 5.69 Å². The van der Waals surface area contributed by atoms with Gasteiger partial charge in [-0.15, -0.1) is 0 Å². The van der Waals surface area contributed by atoms with Crippen LogP contribution in [0.3, 0.4) is 0 Å². The summed E-state index contributed by atoms with van der Waals surface area (Å²) in [5.41, 5.74) is 5.98. The van der Waals surface area contributed by atoms with Crippen molar-refractivity contribution in [3.8, 4) is 0 Å². The van der Waals surface area contributed by atoms with E-state index in [1.165, 1.54) is 25.3 Å². The minimum Gasteiger partial charge on any atom is -0.469 e. The first-order valence-corrected chi connectivity index (χ1v) is 7.26. The van der Waals surface area contributed by atoms with Gasteiger partial charge in [-0.1, -0.05) is 0 Å².